The van der Waals surface area contributed by atoms with Crippen molar-refractivity contribution in [3.8, 4) is 0 Å². The second-order valence-corrected chi connectivity index (χ2v) is 5.39. The minimum absolute atomic E-state index is 0.0453. The van der Waals surface area contributed by atoms with Crippen LogP contribution in [0.2, 0.25) is 0 Å². The fraction of sp³-hybridized carbons (Fsp3) is 0.846. The monoisotopic (exact) mass is 254 g/mol. The van der Waals surface area contributed by atoms with Gasteiger partial charge in [0.25, 0.3) is 0 Å². The Hall–Kier alpha value is -1.10. The van der Waals surface area contributed by atoms with Crippen molar-refractivity contribution in [3.63, 3.8) is 0 Å². The molecule has 2 saturated heterocycles. The summed E-state index contributed by atoms with van der Waals surface area (Å²) in [6, 6.07) is -0.0453. The third-order valence-corrected chi connectivity index (χ3v) is 3.92. The van der Waals surface area contributed by atoms with Crippen molar-refractivity contribution in [2.75, 3.05) is 19.6 Å². The van der Waals surface area contributed by atoms with Crippen LogP contribution in [0.15, 0.2) is 0 Å². The second-order valence-electron chi connectivity index (χ2n) is 5.39. The van der Waals surface area contributed by atoms with E-state index in [0.29, 0.717) is 6.54 Å². The highest BCUT2D eigenvalue weighted by atomic mass is 16.4. The number of carboxylic acids is 1. The molecule has 2 unspecified atom stereocenters. The van der Waals surface area contributed by atoms with Gasteiger partial charge in [0.05, 0.1) is 6.04 Å². The van der Waals surface area contributed by atoms with Crippen molar-refractivity contribution in [2.45, 2.75) is 44.6 Å². The molecule has 2 atom stereocenters. The molecule has 0 bridgehead atoms. The number of hydrogen-bond donors (Lipinski definition) is 2. The highest BCUT2D eigenvalue weighted by Crippen LogP contribution is 2.21. The third kappa shape index (κ3) is 3.45. The summed E-state index contributed by atoms with van der Waals surface area (Å²) < 4.78 is 0. The standard InChI is InChI=1S/C13H22N2O3/c16-12(17)8-10-5-7-15(9-10)13(18)11-4-2-1-3-6-14-11/h10-11,14H,1-9H2,(H,16,17). The summed E-state index contributed by atoms with van der Waals surface area (Å²) >= 11 is 0. The average molecular weight is 254 g/mol. The maximum absolute atomic E-state index is 12.3. The van der Waals surface area contributed by atoms with Gasteiger partial charge in [0, 0.05) is 19.5 Å². The van der Waals surface area contributed by atoms with Crippen molar-refractivity contribution in [1.29, 1.82) is 0 Å². The highest BCUT2D eigenvalue weighted by Gasteiger charge is 2.31. The minimum atomic E-state index is -0.762. The van der Waals surface area contributed by atoms with Gasteiger partial charge in [0.15, 0.2) is 0 Å². The molecule has 18 heavy (non-hydrogen) atoms. The topological polar surface area (TPSA) is 69.6 Å². The third-order valence-electron chi connectivity index (χ3n) is 3.92. The molecule has 2 N–H and O–H groups in total. The van der Waals surface area contributed by atoms with Gasteiger partial charge in [0.1, 0.15) is 0 Å². The number of amides is 1. The number of nitrogens with one attached hydrogen (secondary N) is 1. The van der Waals surface area contributed by atoms with Crippen LogP contribution in [0.5, 0.6) is 0 Å². The lowest BCUT2D eigenvalue weighted by molar-refractivity contribution is -0.138. The molecule has 0 spiro atoms. The molecular formula is C13H22N2O3. The highest BCUT2D eigenvalue weighted by molar-refractivity contribution is 5.82. The van der Waals surface area contributed by atoms with E-state index in [9.17, 15) is 9.59 Å². The summed E-state index contributed by atoms with van der Waals surface area (Å²) in [5.41, 5.74) is 0. The molecule has 5 heteroatoms. The number of hydrogen-bond acceptors (Lipinski definition) is 3. The summed E-state index contributed by atoms with van der Waals surface area (Å²) in [5.74, 6) is -0.455. The molecule has 5 nitrogen and oxygen atoms in total. The first-order chi connectivity index (χ1) is 8.66. The Kier molecular flexibility index (Phi) is 4.58. The zero-order valence-corrected chi connectivity index (χ0v) is 10.7. The number of rotatable bonds is 3. The lowest BCUT2D eigenvalue weighted by Crippen LogP contribution is -2.45. The van der Waals surface area contributed by atoms with Gasteiger partial charge >= 0.3 is 5.97 Å². The lowest BCUT2D eigenvalue weighted by Gasteiger charge is -2.23. The SMILES string of the molecule is O=C(O)CC1CCN(C(=O)C2CCCCCN2)C1. The van der Waals surface area contributed by atoms with E-state index in [0.717, 1.165) is 38.8 Å². The molecule has 0 aliphatic carbocycles. The van der Waals surface area contributed by atoms with Crippen LogP contribution in [0.1, 0.15) is 38.5 Å². The largest absolute Gasteiger partial charge is 0.481 e. The number of likely N-dealkylation sites (tertiary alicyclic amines) is 1. The van der Waals surface area contributed by atoms with Gasteiger partial charge in [-0.1, -0.05) is 12.8 Å². The maximum atomic E-state index is 12.3. The Morgan fingerprint density at radius 3 is 2.83 bits per heavy atom. The molecule has 0 aromatic carbocycles. The van der Waals surface area contributed by atoms with Crippen LogP contribution in [0.3, 0.4) is 0 Å². The van der Waals surface area contributed by atoms with Gasteiger partial charge in [-0.2, -0.15) is 0 Å². The zero-order valence-electron chi connectivity index (χ0n) is 10.7. The van der Waals surface area contributed by atoms with Crippen LogP contribution in [-0.2, 0) is 9.59 Å². The van der Waals surface area contributed by atoms with Crippen LogP contribution in [0.25, 0.3) is 0 Å². The van der Waals surface area contributed by atoms with Crippen molar-refractivity contribution in [3.05, 3.63) is 0 Å². The number of carbonyl (C=O) groups is 2. The molecular weight excluding hydrogens is 232 g/mol. The van der Waals surface area contributed by atoms with Crippen LogP contribution in [-0.4, -0.2) is 47.6 Å². The molecule has 0 saturated carbocycles. The van der Waals surface area contributed by atoms with Crippen LogP contribution in [0, 0.1) is 5.92 Å². The normalized spacial score (nSPS) is 29.0. The summed E-state index contributed by atoms with van der Waals surface area (Å²) in [7, 11) is 0. The Labute approximate surface area is 108 Å². The van der Waals surface area contributed by atoms with Crippen LogP contribution >= 0.6 is 0 Å². The van der Waals surface area contributed by atoms with E-state index in [1.165, 1.54) is 6.42 Å². The van der Waals surface area contributed by atoms with Gasteiger partial charge in [-0.3, -0.25) is 9.59 Å². The van der Waals surface area contributed by atoms with Gasteiger partial charge in [-0.15, -0.1) is 0 Å². The van der Waals surface area contributed by atoms with Crippen molar-refractivity contribution in [2.24, 2.45) is 5.92 Å². The number of aliphatic carboxylic acids is 1. The van der Waals surface area contributed by atoms with Crippen molar-refractivity contribution >= 4 is 11.9 Å². The summed E-state index contributed by atoms with van der Waals surface area (Å²) in [5, 5.41) is 12.1. The van der Waals surface area contributed by atoms with E-state index in [1.807, 2.05) is 4.90 Å². The fourth-order valence-electron chi connectivity index (χ4n) is 2.91. The Morgan fingerprint density at radius 2 is 2.06 bits per heavy atom. The van der Waals surface area contributed by atoms with E-state index in [2.05, 4.69) is 5.32 Å². The number of nitrogens with zero attached hydrogens (tertiary/aromatic N) is 1. The van der Waals surface area contributed by atoms with Gasteiger partial charge in [0.2, 0.25) is 5.91 Å². The first-order valence-corrected chi connectivity index (χ1v) is 6.91. The Balaban J connectivity index is 1.84. The van der Waals surface area contributed by atoms with E-state index >= 15 is 0 Å². The lowest BCUT2D eigenvalue weighted by atomic mass is 10.1. The van der Waals surface area contributed by atoms with Gasteiger partial charge in [-0.25, -0.2) is 0 Å². The fourth-order valence-corrected chi connectivity index (χ4v) is 2.91. The maximum Gasteiger partial charge on any atom is 0.303 e. The summed E-state index contributed by atoms with van der Waals surface area (Å²) in [6.45, 7) is 2.25. The van der Waals surface area contributed by atoms with Crippen LogP contribution < -0.4 is 5.32 Å². The molecule has 0 aromatic heterocycles. The molecule has 2 aliphatic rings. The molecule has 1 amide bonds. The van der Waals surface area contributed by atoms with E-state index in [-0.39, 0.29) is 24.3 Å². The zero-order chi connectivity index (χ0) is 13.0. The molecule has 2 fully saturated rings. The van der Waals surface area contributed by atoms with Gasteiger partial charge in [-0.05, 0) is 31.7 Å². The summed E-state index contributed by atoms with van der Waals surface area (Å²) in [4.78, 5) is 24.8. The predicted molar refractivity (Wildman–Crippen MR) is 67.2 cm³/mol. The quantitative estimate of drug-likeness (QED) is 0.783. The molecule has 0 aromatic rings. The van der Waals surface area contributed by atoms with Crippen molar-refractivity contribution < 1.29 is 14.7 Å². The Morgan fingerprint density at radius 1 is 1.22 bits per heavy atom. The average Bonchev–Trinajstić information content (AvgIpc) is 2.63. The van der Waals surface area contributed by atoms with Crippen molar-refractivity contribution in [1.82, 2.24) is 10.2 Å². The van der Waals surface area contributed by atoms with E-state index < -0.39 is 5.97 Å². The summed E-state index contributed by atoms with van der Waals surface area (Å²) in [6.07, 6.45) is 5.37. The molecule has 2 rings (SSSR count). The predicted octanol–water partition coefficient (Wildman–Crippen LogP) is 0.842. The smallest absolute Gasteiger partial charge is 0.303 e. The second kappa shape index (κ2) is 6.18. The molecule has 2 heterocycles. The van der Waals surface area contributed by atoms with Gasteiger partial charge < -0.3 is 15.3 Å². The molecule has 0 radical (unpaired) electrons. The first-order valence-electron chi connectivity index (χ1n) is 6.91. The van der Waals surface area contributed by atoms with E-state index in [4.69, 9.17) is 5.11 Å². The number of carboxylic acid groups (broad SMARTS) is 1. The molecule has 2 aliphatic heterocycles. The van der Waals surface area contributed by atoms with Crippen LogP contribution in [0.4, 0.5) is 0 Å². The first kappa shape index (κ1) is 13.3. The van der Waals surface area contributed by atoms with E-state index in [1.54, 1.807) is 0 Å². The number of carbonyl (C=O) groups excluding carboxylic acids is 1. The minimum Gasteiger partial charge on any atom is -0.481 e. The Bertz CT molecular complexity index is 311. The molecule has 102 valence electrons.